The highest BCUT2D eigenvalue weighted by atomic mass is 32.2. The Balaban J connectivity index is 2.24. The van der Waals surface area contributed by atoms with Gasteiger partial charge >= 0.3 is 0 Å². The van der Waals surface area contributed by atoms with E-state index in [0.29, 0.717) is 12.2 Å². The number of amides is 1. The van der Waals surface area contributed by atoms with Crippen molar-refractivity contribution >= 4 is 21.6 Å². The molecule has 1 heterocycles. The summed E-state index contributed by atoms with van der Waals surface area (Å²) in [7, 11) is -3.67. The van der Waals surface area contributed by atoms with Crippen LogP contribution < -0.4 is 10.0 Å². The fourth-order valence-corrected chi connectivity index (χ4v) is 2.35. The normalized spacial score (nSPS) is 19.0. The first kappa shape index (κ1) is 12.1. The topological polar surface area (TPSA) is 80.5 Å². The van der Waals surface area contributed by atoms with Crippen molar-refractivity contribution in [1.82, 2.24) is 0 Å². The lowest BCUT2D eigenvalue weighted by molar-refractivity contribution is -0.132. The quantitative estimate of drug-likeness (QED) is 0.789. The average molecular weight is 254 g/mol. The molecule has 0 unspecified atom stereocenters. The molecule has 1 aromatic carbocycles. The van der Waals surface area contributed by atoms with Gasteiger partial charge in [0, 0.05) is 12.2 Å². The number of β-lactam (4-membered cyclic amide) rings is 1. The molecule has 6 heteroatoms. The van der Waals surface area contributed by atoms with Crippen LogP contribution in [0.25, 0.3) is 0 Å². The zero-order valence-corrected chi connectivity index (χ0v) is 10.5. The molecule has 0 spiro atoms. The lowest BCUT2D eigenvalue weighted by Gasteiger charge is -2.44. The Morgan fingerprint density at radius 3 is 2.12 bits per heavy atom. The van der Waals surface area contributed by atoms with Crippen LogP contribution in [0, 0.1) is 5.41 Å². The molecular weight excluding hydrogens is 240 g/mol. The second-order valence-corrected chi connectivity index (χ2v) is 6.38. The minimum atomic E-state index is -3.67. The van der Waals surface area contributed by atoms with Gasteiger partial charge in [0.1, 0.15) is 0 Å². The number of primary sulfonamides is 1. The Hall–Kier alpha value is -1.40. The van der Waals surface area contributed by atoms with Gasteiger partial charge in [0.15, 0.2) is 0 Å². The Kier molecular flexibility index (Phi) is 2.52. The Morgan fingerprint density at radius 2 is 1.76 bits per heavy atom. The predicted molar refractivity (Wildman–Crippen MR) is 63.9 cm³/mol. The first-order chi connectivity index (χ1) is 7.72. The molecule has 0 radical (unpaired) electrons. The maximum atomic E-state index is 11.7. The van der Waals surface area contributed by atoms with E-state index in [1.54, 1.807) is 17.0 Å². The van der Waals surface area contributed by atoms with Gasteiger partial charge in [-0.05, 0) is 38.1 Å². The number of benzene rings is 1. The summed E-state index contributed by atoms with van der Waals surface area (Å²) in [4.78, 5) is 13.4. The van der Waals surface area contributed by atoms with Gasteiger partial charge < -0.3 is 4.90 Å². The highest BCUT2D eigenvalue weighted by Crippen LogP contribution is 2.35. The van der Waals surface area contributed by atoms with E-state index in [4.69, 9.17) is 5.14 Å². The molecule has 2 rings (SSSR count). The van der Waals surface area contributed by atoms with Crippen molar-refractivity contribution in [3.63, 3.8) is 0 Å². The van der Waals surface area contributed by atoms with Gasteiger partial charge in [-0.1, -0.05) is 0 Å². The van der Waals surface area contributed by atoms with Crippen LogP contribution in [0.3, 0.4) is 0 Å². The maximum Gasteiger partial charge on any atom is 0.238 e. The molecule has 0 aromatic heterocycles. The SMILES string of the molecule is CC1(C)CN(c2ccc(S(N)(=O)=O)cc2)C1=O. The summed E-state index contributed by atoms with van der Waals surface area (Å²) in [5.41, 5.74) is 0.375. The molecule has 17 heavy (non-hydrogen) atoms. The van der Waals surface area contributed by atoms with Crippen LogP contribution in [0.2, 0.25) is 0 Å². The number of nitrogens with two attached hydrogens (primary N) is 1. The van der Waals surface area contributed by atoms with Gasteiger partial charge in [0.25, 0.3) is 0 Å². The molecule has 5 nitrogen and oxygen atoms in total. The fourth-order valence-electron chi connectivity index (χ4n) is 1.83. The second-order valence-electron chi connectivity index (χ2n) is 4.81. The van der Waals surface area contributed by atoms with Crippen LogP contribution in [-0.4, -0.2) is 20.9 Å². The van der Waals surface area contributed by atoms with E-state index in [1.807, 2.05) is 13.8 Å². The molecule has 1 amide bonds. The zero-order valence-electron chi connectivity index (χ0n) is 9.67. The average Bonchev–Trinajstić information content (AvgIpc) is 2.25. The monoisotopic (exact) mass is 254 g/mol. The molecule has 1 aliphatic heterocycles. The molecule has 1 fully saturated rings. The molecule has 0 atom stereocenters. The van der Waals surface area contributed by atoms with E-state index in [9.17, 15) is 13.2 Å². The van der Waals surface area contributed by atoms with Crippen molar-refractivity contribution in [2.45, 2.75) is 18.7 Å². The highest BCUT2D eigenvalue weighted by molar-refractivity contribution is 7.89. The van der Waals surface area contributed by atoms with Crippen molar-refractivity contribution in [3.8, 4) is 0 Å². The zero-order chi connectivity index (χ0) is 12.8. The van der Waals surface area contributed by atoms with Crippen LogP contribution in [-0.2, 0) is 14.8 Å². The molecular formula is C11H14N2O3S. The molecule has 0 bridgehead atoms. The largest absolute Gasteiger partial charge is 0.311 e. The molecule has 1 aliphatic rings. The third-order valence-corrected chi connectivity index (χ3v) is 3.78. The smallest absolute Gasteiger partial charge is 0.238 e. The first-order valence-corrected chi connectivity index (χ1v) is 6.71. The van der Waals surface area contributed by atoms with Crippen LogP contribution in [0.4, 0.5) is 5.69 Å². The van der Waals surface area contributed by atoms with Gasteiger partial charge in [0.05, 0.1) is 10.3 Å². The Morgan fingerprint density at radius 1 is 1.24 bits per heavy atom. The standard InChI is InChI=1S/C11H14N2O3S/c1-11(2)7-13(10(11)14)8-3-5-9(6-4-8)17(12,15)16/h3-6H,7H2,1-2H3,(H2,12,15,16). The van der Waals surface area contributed by atoms with Crippen molar-refractivity contribution in [1.29, 1.82) is 0 Å². The predicted octanol–water partition coefficient (Wildman–Crippen LogP) is 0.707. The third kappa shape index (κ3) is 2.05. The van der Waals surface area contributed by atoms with E-state index < -0.39 is 10.0 Å². The Bertz CT molecular complexity index is 561. The molecule has 0 saturated carbocycles. The number of sulfonamides is 1. The molecule has 0 aliphatic carbocycles. The van der Waals surface area contributed by atoms with Crippen molar-refractivity contribution in [2.24, 2.45) is 10.6 Å². The summed E-state index contributed by atoms with van der Waals surface area (Å²) >= 11 is 0. The first-order valence-electron chi connectivity index (χ1n) is 5.17. The maximum absolute atomic E-state index is 11.7. The van der Waals surface area contributed by atoms with Crippen molar-refractivity contribution in [3.05, 3.63) is 24.3 Å². The fraction of sp³-hybridized carbons (Fsp3) is 0.364. The number of carbonyl (C=O) groups excluding carboxylic acids is 1. The van der Waals surface area contributed by atoms with Gasteiger partial charge in [-0.2, -0.15) is 0 Å². The number of carbonyl (C=O) groups is 1. The summed E-state index contributed by atoms with van der Waals surface area (Å²) in [6.07, 6.45) is 0. The van der Waals surface area contributed by atoms with Crippen molar-refractivity contribution < 1.29 is 13.2 Å². The van der Waals surface area contributed by atoms with E-state index >= 15 is 0 Å². The van der Waals surface area contributed by atoms with Crippen LogP contribution >= 0.6 is 0 Å². The number of nitrogens with zero attached hydrogens (tertiary/aromatic N) is 1. The lowest BCUT2D eigenvalue weighted by Crippen LogP contribution is -2.58. The molecule has 1 aromatic rings. The molecule has 1 saturated heterocycles. The molecule has 92 valence electrons. The number of anilines is 1. The number of hydrogen-bond acceptors (Lipinski definition) is 3. The highest BCUT2D eigenvalue weighted by Gasteiger charge is 2.44. The number of hydrogen-bond donors (Lipinski definition) is 1. The summed E-state index contributed by atoms with van der Waals surface area (Å²) < 4.78 is 22.1. The van der Waals surface area contributed by atoms with Gasteiger partial charge in [-0.15, -0.1) is 0 Å². The minimum Gasteiger partial charge on any atom is -0.311 e. The van der Waals surface area contributed by atoms with Crippen molar-refractivity contribution in [2.75, 3.05) is 11.4 Å². The second kappa shape index (κ2) is 3.54. The number of rotatable bonds is 2. The van der Waals surface area contributed by atoms with E-state index in [2.05, 4.69) is 0 Å². The van der Waals surface area contributed by atoms with E-state index in [0.717, 1.165) is 0 Å². The summed E-state index contributed by atoms with van der Waals surface area (Å²) in [5, 5.41) is 4.99. The summed E-state index contributed by atoms with van der Waals surface area (Å²) in [6, 6.07) is 5.99. The van der Waals surface area contributed by atoms with Gasteiger partial charge in [-0.25, -0.2) is 13.6 Å². The lowest BCUT2D eigenvalue weighted by atomic mass is 9.83. The van der Waals surface area contributed by atoms with Crippen LogP contribution in [0.15, 0.2) is 29.2 Å². The van der Waals surface area contributed by atoms with E-state index in [-0.39, 0.29) is 16.2 Å². The van der Waals surface area contributed by atoms with E-state index in [1.165, 1.54) is 12.1 Å². The third-order valence-electron chi connectivity index (χ3n) is 2.85. The summed E-state index contributed by atoms with van der Waals surface area (Å²) in [6.45, 7) is 4.40. The van der Waals surface area contributed by atoms with Gasteiger partial charge in [-0.3, -0.25) is 4.79 Å². The minimum absolute atomic E-state index is 0.0425. The summed E-state index contributed by atoms with van der Waals surface area (Å²) in [5.74, 6) is 0.0425. The van der Waals surface area contributed by atoms with Crippen LogP contribution in [0.5, 0.6) is 0 Å². The van der Waals surface area contributed by atoms with Gasteiger partial charge in [0.2, 0.25) is 15.9 Å². The Labute approximate surface area is 100 Å². The van der Waals surface area contributed by atoms with Crippen LogP contribution in [0.1, 0.15) is 13.8 Å². The molecule has 2 N–H and O–H groups in total.